The lowest BCUT2D eigenvalue weighted by Gasteiger charge is -2.39. The van der Waals surface area contributed by atoms with Crippen LogP contribution >= 0.6 is 11.3 Å². The molecule has 0 unspecified atom stereocenters. The number of fused-ring (bicyclic) bond motifs is 1. The maximum atomic E-state index is 13.4. The summed E-state index contributed by atoms with van der Waals surface area (Å²) in [6.07, 6.45) is 0.985. The Morgan fingerprint density at radius 3 is 2.22 bits per heavy atom. The molecule has 2 aliphatic rings. The van der Waals surface area contributed by atoms with E-state index < -0.39 is 0 Å². The van der Waals surface area contributed by atoms with Crippen molar-refractivity contribution in [1.82, 2.24) is 14.7 Å². The lowest BCUT2D eigenvalue weighted by molar-refractivity contribution is -0.134. The number of carbonyl (C=O) groups is 2. The molecule has 3 heterocycles. The van der Waals surface area contributed by atoms with Gasteiger partial charge in [-0.05, 0) is 64.6 Å². The molecule has 1 aromatic heterocycles. The van der Waals surface area contributed by atoms with Crippen LogP contribution in [0.1, 0.15) is 64.3 Å². The van der Waals surface area contributed by atoms with Crippen LogP contribution < -0.4 is 0 Å². The number of benzene rings is 2. The second kappa shape index (κ2) is 10.4. The lowest BCUT2D eigenvalue weighted by Crippen LogP contribution is -2.53. The van der Waals surface area contributed by atoms with E-state index in [4.69, 9.17) is 0 Å². The molecule has 0 aliphatic carbocycles. The molecule has 0 N–H and O–H groups in total. The van der Waals surface area contributed by atoms with Crippen LogP contribution in [-0.4, -0.2) is 65.8 Å². The first-order chi connectivity index (χ1) is 17.7. The van der Waals surface area contributed by atoms with Gasteiger partial charge in [0.25, 0.3) is 5.91 Å². The van der Waals surface area contributed by atoms with Crippen molar-refractivity contribution in [3.63, 3.8) is 0 Å². The van der Waals surface area contributed by atoms with Crippen molar-refractivity contribution >= 4 is 23.2 Å². The molecular formula is C31H37N3O2S. The van der Waals surface area contributed by atoms with E-state index >= 15 is 0 Å². The van der Waals surface area contributed by atoms with E-state index in [0.717, 1.165) is 13.0 Å². The number of carbonyl (C=O) groups excluding carboxylic acids is 2. The summed E-state index contributed by atoms with van der Waals surface area (Å²) in [5.41, 5.74) is 5.87. The zero-order valence-electron chi connectivity index (χ0n) is 22.4. The van der Waals surface area contributed by atoms with Crippen LogP contribution in [0.2, 0.25) is 0 Å². The number of aryl methyl sites for hydroxylation is 1. The van der Waals surface area contributed by atoms with Gasteiger partial charge < -0.3 is 9.80 Å². The van der Waals surface area contributed by atoms with Crippen molar-refractivity contribution in [1.29, 1.82) is 0 Å². The molecule has 0 radical (unpaired) electrons. The van der Waals surface area contributed by atoms with E-state index in [1.54, 1.807) is 0 Å². The molecule has 0 spiro atoms. The van der Waals surface area contributed by atoms with E-state index in [1.165, 1.54) is 27.1 Å². The number of amides is 2. The molecule has 37 heavy (non-hydrogen) atoms. The minimum absolute atomic E-state index is 0.0493. The lowest BCUT2D eigenvalue weighted by atomic mass is 9.86. The topological polar surface area (TPSA) is 43.9 Å². The van der Waals surface area contributed by atoms with Gasteiger partial charge in [-0.3, -0.25) is 14.5 Å². The van der Waals surface area contributed by atoms with Crippen LogP contribution in [0, 0.1) is 6.92 Å². The third-order valence-corrected chi connectivity index (χ3v) is 8.80. The van der Waals surface area contributed by atoms with Gasteiger partial charge in [0, 0.05) is 43.2 Å². The fraction of sp³-hybridized carbons (Fsp3) is 0.419. The van der Waals surface area contributed by atoms with Crippen molar-refractivity contribution in [3.05, 3.63) is 92.7 Å². The molecule has 194 valence electrons. The minimum Gasteiger partial charge on any atom is -0.338 e. The normalized spacial score (nSPS) is 18.5. The Morgan fingerprint density at radius 1 is 0.865 bits per heavy atom. The number of thiophene rings is 1. The van der Waals surface area contributed by atoms with Gasteiger partial charge in [0.1, 0.15) is 0 Å². The van der Waals surface area contributed by atoms with Crippen molar-refractivity contribution < 1.29 is 9.59 Å². The number of hydrogen-bond donors (Lipinski definition) is 0. The van der Waals surface area contributed by atoms with Crippen molar-refractivity contribution in [2.45, 2.75) is 45.6 Å². The van der Waals surface area contributed by atoms with E-state index in [1.807, 2.05) is 33.3 Å². The second-order valence-electron chi connectivity index (χ2n) is 11.3. The van der Waals surface area contributed by atoms with E-state index in [9.17, 15) is 9.59 Å². The van der Waals surface area contributed by atoms with Gasteiger partial charge >= 0.3 is 0 Å². The summed E-state index contributed by atoms with van der Waals surface area (Å²) in [5.74, 6) is 0.201. The van der Waals surface area contributed by atoms with Gasteiger partial charge in [-0.15, -0.1) is 11.3 Å². The molecule has 6 heteroatoms. The average Bonchev–Trinajstić information content (AvgIpc) is 3.37. The monoisotopic (exact) mass is 515 g/mol. The smallest absolute Gasteiger partial charge is 0.253 e. The van der Waals surface area contributed by atoms with Gasteiger partial charge in [0.2, 0.25) is 5.91 Å². The van der Waals surface area contributed by atoms with Gasteiger partial charge in [-0.2, -0.15) is 0 Å². The summed E-state index contributed by atoms with van der Waals surface area (Å²) in [6, 6.07) is 18.8. The first kappa shape index (κ1) is 25.7. The average molecular weight is 516 g/mol. The van der Waals surface area contributed by atoms with Crippen LogP contribution in [0.4, 0.5) is 0 Å². The van der Waals surface area contributed by atoms with Crippen LogP contribution in [0.3, 0.4) is 0 Å². The summed E-state index contributed by atoms with van der Waals surface area (Å²) in [6.45, 7) is 12.3. The molecule has 5 rings (SSSR count). The van der Waals surface area contributed by atoms with Crippen LogP contribution in [-0.2, 0) is 16.6 Å². The Balaban J connectivity index is 1.23. The molecule has 1 saturated heterocycles. The van der Waals surface area contributed by atoms with Crippen molar-refractivity contribution in [2.75, 3.05) is 39.3 Å². The molecular weight excluding hydrogens is 478 g/mol. The van der Waals surface area contributed by atoms with Gasteiger partial charge in [0.05, 0.1) is 12.6 Å². The highest BCUT2D eigenvalue weighted by Gasteiger charge is 2.33. The van der Waals surface area contributed by atoms with Gasteiger partial charge in [0.15, 0.2) is 0 Å². The number of rotatable bonds is 4. The number of nitrogens with zero attached hydrogens (tertiary/aromatic N) is 3. The number of piperazine rings is 1. The highest BCUT2D eigenvalue weighted by atomic mass is 32.1. The van der Waals surface area contributed by atoms with E-state index in [0.29, 0.717) is 38.3 Å². The predicted octanol–water partition coefficient (Wildman–Crippen LogP) is 5.29. The molecule has 1 atom stereocenters. The Kier molecular flexibility index (Phi) is 7.24. The Labute approximate surface area is 224 Å². The summed E-state index contributed by atoms with van der Waals surface area (Å²) >= 11 is 1.82. The summed E-state index contributed by atoms with van der Waals surface area (Å²) in [5, 5.41) is 2.17. The number of hydrogen-bond acceptors (Lipinski definition) is 4. The van der Waals surface area contributed by atoms with Crippen LogP contribution in [0.15, 0.2) is 60.0 Å². The predicted molar refractivity (Wildman–Crippen MR) is 150 cm³/mol. The van der Waals surface area contributed by atoms with Crippen molar-refractivity contribution in [2.24, 2.45) is 0 Å². The molecule has 1 fully saturated rings. The Morgan fingerprint density at radius 2 is 1.54 bits per heavy atom. The second-order valence-corrected chi connectivity index (χ2v) is 12.3. The van der Waals surface area contributed by atoms with E-state index in [-0.39, 0.29) is 23.3 Å². The van der Waals surface area contributed by atoms with Crippen LogP contribution in [0.5, 0.6) is 0 Å². The standard InChI is InChI=1S/C31H37N3O2S/c1-22-7-5-6-8-25(22)29-26-14-20-37-27(26)13-15-34(29)21-28(35)32-16-18-33(19-17-32)30(36)23-9-11-24(12-10-23)31(2,3)4/h5-12,14,20,29H,13,15-19,21H2,1-4H3/t29-/m0/s1. The Bertz CT molecular complexity index is 1270. The highest BCUT2D eigenvalue weighted by Crippen LogP contribution is 2.38. The Hall–Kier alpha value is -2.96. The summed E-state index contributed by atoms with van der Waals surface area (Å²) in [7, 11) is 0. The molecule has 2 amide bonds. The molecule has 0 bridgehead atoms. The SMILES string of the molecule is Cc1ccccc1[C@H]1c2ccsc2CCN1CC(=O)N1CCN(C(=O)c2ccc(C(C)(C)C)cc2)CC1. The maximum Gasteiger partial charge on any atom is 0.253 e. The first-order valence-electron chi connectivity index (χ1n) is 13.3. The zero-order chi connectivity index (χ0) is 26.2. The molecule has 0 saturated carbocycles. The van der Waals surface area contributed by atoms with Gasteiger partial charge in [-0.1, -0.05) is 57.2 Å². The molecule has 5 nitrogen and oxygen atoms in total. The molecule has 2 aliphatic heterocycles. The summed E-state index contributed by atoms with van der Waals surface area (Å²) in [4.78, 5) is 34.1. The quantitative estimate of drug-likeness (QED) is 0.475. The first-order valence-corrected chi connectivity index (χ1v) is 14.1. The fourth-order valence-corrected chi connectivity index (χ4v) is 6.43. The molecule has 2 aromatic carbocycles. The third kappa shape index (κ3) is 5.36. The zero-order valence-corrected chi connectivity index (χ0v) is 23.2. The van der Waals surface area contributed by atoms with E-state index in [2.05, 4.69) is 80.4 Å². The van der Waals surface area contributed by atoms with Crippen LogP contribution in [0.25, 0.3) is 0 Å². The molecule has 3 aromatic rings. The maximum absolute atomic E-state index is 13.4. The largest absolute Gasteiger partial charge is 0.338 e. The fourth-order valence-electron chi connectivity index (χ4n) is 5.52. The minimum atomic E-state index is 0.0493. The highest BCUT2D eigenvalue weighted by molar-refractivity contribution is 7.10. The van der Waals surface area contributed by atoms with Gasteiger partial charge in [-0.25, -0.2) is 0 Å². The summed E-state index contributed by atoms with van der Waals surface area (Å²) < 4.78 is 0. The third-order valence-electron chi connectivity index (χ3n) is 7.80. The van der Waals surface area contributed by atoms with Crippen molar-refractivity contribution in [3.8, 4) is 0 Å².